The Kier molecular flexibility index (Phi) is 5.03. The van der Waals surface area contributed by atoms with Gasteiger partial charge in [-0.1, -0.05) is 30.3 Å². The molecule has 1 aromatic carbocycles. The third-order valence-corrected chi connectivity index (χ3v) is 2.95. The van der Waals surface area contributed by atoms with Crippen LogP contribution in [0.25, 0.3) is 0 Å². The molecule has 0 fully saturated rings. The van der Waals surface area contributed by atoms with Gasteiger partial charge in [0.2, 0.25) is 0 Å². The monoisotopic (exact) mass is 220 g/mol. The van der Waals surface area contributed by atoms with Crippen LogP contribution in [0.3, 0.4) is 0 Å². The van der Waals surface area contributed by atoms with Crippen LogP contribution in [0.1, 0.15) is 5.56 Å². The zero-order chi connectivity index (χ0) is 9.52. The van der Waals surface area contributed by atoms with Crippen LogP contribution < -0.4 is 0 Å². The van der Waals surface area contributed by atoms with Gasteiger partial charge >= 0.3 is 0 Å². The maximum atomic E-state index is 11.6. The Balaban J connectivity index is 2.37. The van der Waals surface area contributed by atoms with Crippen LogP contribution in [-0.2, 0) is 20.5 Å². The molecule has 1 rings (SSSR count). The van der Waals surface area contributed by atoms with Crippen molar-refractivity contribution in [1.29, 1.82) is 0 Å². The maximum Gasteiger partial charge on any atom is 0.171 e. The molecule has 0 spiro atoms. The van der Waals surface area contributed by atoms with Crippen LogP contribution in [0.2, 0.25) is 0 Å². The molecule has 0 bridgehead atoms. The summed E-state index contributed by atoms with van der Waals surface area (Å²) in [6.45, 7) is 0. The fourth-order valence-corrected chi connectivity index (χ4v) is 2.04. The molecule has 0 amide bonds. The topological polar surface area (TPSA) is 26.3 Å². The quantitative estimate of drug-likeness (QED) is 0.713. The van der Waals surface area contributed by atoms with Crippen molar-refractivity contribution in [2.75, 3.05) is 6.01 Å². The van der Waals surface area contributed by atoms with E-state index in [1.165, 1.54) is 0 Å². The number of rotatable bonds is 5. The predicted molar refractivity (Wildman–Crippen MR) is 52.9 cm³/mol. The van der Waals surface area contributed by atoms with Crippen LogP contribution in [0.5, 0.6) is 0 Å². The average molecular weight is 220 g/mol. The molecular formula is C8H9FO2S2. The Morgan fingerprint density at radius 3 is 2.69 bits per heavy atom. The number of hydrogen-bond acceptors (Lipinski definition) is 3. The van der Waals surface area contributed by atoms with Gasteiger partial charge in [-0.15, -0.1) is 0 Å². The lowest BCUT2D eigenvalue weighted by Gasteiger charge is -1.99. The first-order chi connectivity index (χ1) is 6.33. The Morgan fingerprint density at radius 1 is 1.38 bits per heavy atom. The number of halogens is 1. The van der Waals surface area contributed by atoms with Crippen molar-refractivity contribution < 1.29 is 12.2 Å². The van der Waals surface area contributed by atoms with Gasteiger partial charge in [-0.05, 0) is 5.56 Å². The van der Waals surface area contributed by atoms with E-state index in [0.717, 1.165) is 5.56 Å². The van der Waals surface area contributed by atoms with E-state index in [0.29, 0.717) is 17.8 Å². The zero-order valence-electron chi connectivity index (χ0n) is 6.81. The van der Waals surface area contributed by atoms with Crippen molar-refractivity contribution in [2.45, 2.75) is 5.75 Å². The lowest BCUT2D eigenvalue weighted by atomic mass is 10.2. The first kappa shape index (κ1) is 10.7. The highest BCUT2D eigenvalue weighted by Crippen LogP contribution is 2.10. The highest BCUT2D eigenvalue weighted by Gasteiger charge is 2.01. The van der Waals surface area contributed by atoms with Crippen LogP contribution in [0, 0.1) is 0 Å². The van der Waals surface area contributed by atoms with Crippen molar-refractivity contribution in [3.63, 3.8) is 0 Å². The highest BCUT2D eigenvalue weighted by molar-refractivity contribution is 8.02. The summed E-state index contributed by atoms with van der Waals surface area (Å²) in [4.78, 5) is 0. The third kappa shape index (κ3) is 4.40. The number of alkyl halides is 1. The fraction of sp³-hybridized carbons (Fsp3) is 0.250. The minimum Gasteiger partial charge on any atom is -0.237 e. The molecule has 0 aliphatic rings. The minimum absolute atomic E-state index is 0.299. The molecule has 1 aromatic rings. The van der Waals surface area contributed by atoms with Crippen LogP contribution in [0.15, 0.2) is 30.3 Å². The minimum atomic E-state index is -1.45. The molecule has 0 aliphatic heterocycles. The van der Waals surface area contributed by atoms with E-state index in [-0.39, 0.29) is 0 Å². The molecule has 0 saturated carbocycles. The molecular weight excluding hydrogens is 211 g/mol. The molecule has 5 heteroatoms. The molecule has 13 heavy (non-hydrogen) atoms. The Hall–Kier alpha value is -0.390. The van der Waals surface area contributed by atoms with Gasteiger partial charge in [0.05, 0.1) is 5.75 Å². The molecule has 72 valence electrons. The van der Waals surface area contributed by atoms with Gasteiger partial charge in [0.25, 0.3) is 0 Å². The highest BCUT2D eigenvalue weighted by atomic mass is 32.3. The van der Waals surface area contributed by atoms with Crippen molar-refractivity contribution in [2.24, 2.45) is 0 Å². The average Bonchev–Trinajstić information content (AvgIpc) is 2.16. The van der Waals surface area contributed by atoms with Crippen molar-refractivity contribution in [3.8, 4) is 0 Å². The van der Waals surface area contributed by atoms with E-state index in [9.17, 15) is 8.60 Å². The van der Waals surface area contributed by atoms with Crippen LogP contribution >= 0.6 is 12.0 Å². The lowest BCUT2D eigenvalue weighted by molar-refractivity contribution is 0.568. The summed E-state index contributed by atoms with van der Waals surface area (Å²) in [6, 6.07) is 8.61. The van der Waals surface area contributed by atoms with Gasteiger partial charge in [-0.3, -0.25) is 0 Å². The molecule has 0 saturated heterocycles. The zero-order valence-corrected chi connectivity index (χ0v) is 8.44. The smallest absolute Gasteiger partial charge is 0.171 e. The summed E-state index contributed by atoms with van der Waals surface area (Å²) in [7, 11) is 0. The molecule has 0 radical (unpaired) electrons. The number of benzene rings is 1. The van der Waals surface area contributed by atoms with Gasteiger partial charge in [0.15, 0.2) is 17.1 Å². The first-order valence-corrected chi connectivity index (χ1v) is 5.76. The second kappa shape index (κ2) is 6.12. The third-order valence-electron chi connectivity index (χ3n) is 1.30. The van der Waals surface area contributed by atoms with Gasteiger partial charge in [0.1, 0.15) is 0 Å². The van der Waals surface area contributed by atoms with Crippen molar-refractivity contribution >= 4 is 23.1 Å². The molecule has 1 atom stereocenters. The van der Waals surface area contributed by atoms with E-state index >= 15 is 0 Å². The summed E-state index contributed by atoms with van der Waals surface area (Å²) in [6.07, 6.45) is 0. The molecule has 0 aliphatic carbocycles. The second-order valence-electron chi connectivity index (χ2n) is 2.23. The van der Waals surface area contributed by atoms with Gasteiger partial charge in [-0.2, -0.15) is 0 Å². The van der Waals surface area contributed by atoms with Crippen molar-refractivity contribution in [1.82, 2.24) is 0 Å². The summed E-state index contributed by atoms with van der Waals surface area (Å²) < 4.78 is 27.3. The molecule has 0 aromatic heterocycles. The molecule has 0 N–H and O–H groups in total. The molecule has 0 heterocycles. The number of hydrogen-bond donors (Lipinski definition) is 0. The SMILES string of the molecule is O=S(Cc1ccccc1)OSCF. The Bertz CT molecular complexity index is 266. The maximum absolute atomic E-state index is 11.6. The predicted octanol–water partition coefficient (Wildman–Crippen LogP) is 2.44. The summed E-state index contributed by atoms with van der Waals surface area (Å²) in [5.41, 5.74) is 0.917. The standard InChI is InChI=1S/C8H9FO2S2/c9-7-12-11-13(10)6-8-4-2-1-3-5-8/h1-5H,6-7H2. The normalized spacial score (nSPS) is 12.7. The molecule has 2 nitrogen and oxygen atoms in total. The fourth-order valence-electron chi connectivity index (χ4n) is 0.806. The second-order valence-corrected chi connectivity index (χ2v) is 4.12. The van der Waals surface area contributed by atoms with Crippen LogP contribution in [0.4, 0.5) is 4.39 Å². The molecule has 1 unspecified atom stereocenters. The van der Waals surface area contributed by atoms with E-state index in [1.54, 1.807) is 0 Å². The Labute approximate surface area is 83.4 Å². The van der Waals surface area contributed by atoms with Gasteiger partial charge in [0, 0.05) is 12.0 Å². The lowest BCUT2D eigenvalue weighted by Crippen LogP contribution is -1.95. The van der Waals surface area contributed by atoms with E-state index in [1.807, 2.05) is 30.3 Å². The van der Waals surface area contributed by atoms with Gasteiger partial charge < -0.3 is 0 Å². The summed E-state index contributed by atoms with van der Waals surface area (Å²) >= 11 is -0.879. The largest absolute Gasteiger partial charge is 0.237 e. The van der Waals surface area contributed by atoms with Gasteiger partial charge in [-0.25, -0.2) is 12.2 Å². The van der Waals surface area contributed by atoms with E-state index in [4.69, 9.17) is 0 Å². The van der Waals surface area contributed by atoms with Crippen molar-refractivity contribution in [3.05, 3.63) is 35.9 Å². The summed E-state index contributed by atoms with van der Waals surface area (Å²) in [5, 5.41) is 0. The first-order valence-electron chi connectivity index (χ1n) is 3.61. The summed E-state index contributed by atoms with van der Waals surface area (Å²) in [5.74, 6) is 0.299. The van der Waals surface area contributed by atoms with E-state index < -0.39 is 17.1 Å². The van der Waals surface area contributed by atoms with E-state index in [2.05, 4.69) is 3.63 Å². The Morgan fingerprint density at radius 2 is 2.08 bits per heavy atom. The van der Waals surface area contributed by atoms with Crippen LogP contribution in [-0.4, -0.2) is 10.2 Å².